The second-order valence-corrected chi connectivity index (χ2v) is 10.0. The molecule has 1 atom stereocenters. The van der Waals surface area contributed by atoms with Gasteiger partial charge in [0.05, 0.1) is 30.8 Å². The summed E-state index contributed by atoms with van der Waals surface area (Å²) in [7, 11) is 5.59. The quantitative estimate of drug-likeness (QED) is 0.281. The van der Waals surface area contributed by atoms with Crippen LogP contribution >= 0.6 is 0 Å². The van der Waals surface area contributed by atoms with Crippen LogP contribution in [0.1, 0.15) is 42.8 Å². The molecule has 0 radical (unpaired) electrons. The highest BCUT2D eigenvalue weighted by molar-refractivity contribution is 5.92. The Kier molecular flexibility index (Phi) is 7.11. The number of rotatable bonds is 9. The van der Waals surface area contributed by atoms with Gasteiger partial charge >= 0.3 is 6.18 Å². The fraction of sp³-hybridized carbons (Fsp3) is 0.462. The molecule has 1 aliphatic carbocycles. The predicted octanol–water partition coefficient (Wildman–Crippen LogP) is 5.58. The van der Waals surface area contributed by atoms with Gasteiger partial charge in [0.15, 0.2) is 11.5 Å². The summed E-state index contributed by atoms with van der Waals surface area (Å²) in [5.74, 6) is 0.370. The van der Waals surface area contributed by atoms with Gasteiger partial charge in [-0.1, -0.05) is 0 Å². The van der Waals surface area contributed by atoms with E-state index in [1.54, 1.807) is 26.0 Å². The number of anilines is 2. The van der Waals surface area contributed by atoms with E-state index in [0.717, 1.165) is 19.4 Å². The van der Waals surface area contributed by atoms with Crippen molar-refractivity contribution in [1.82, 2.24) is 14.9 Å². The second-order valence-electron chi connectivity index (χ2n) is 10.0. The Morgan fingerprint density at radius 2 is 1.84 bits per heavy atom. The van der Waals surface area contributed by atoms with Crippen LogP contribution in [0.2, 0.25) is 0 Å². The summed E-state index contributed by atoms with van der Waals surface area (Å²) in [6.45, 7) is 4.64. The number of hydrogen-bond acceptors (Lipinski definition) is 7. The molecule has 2 aromatic carbocycles. The molecule has 0 aliphatic heterocycles. The third-order valence-corrected chi connectivity index (χ3v) is 6.48. The van der Waals surface area contributed by atoms with Crippen molar-refractivity contribution < 1.29 is 27.0 Å². The number of fused-ring (bicyclic) bond motifs is 1. The summed E-state index contributed by atoms with van der Waals surface area (Å²) in [4.78, 5) is 11.0. The summed E-state index contributed by atoms with van der Waals surface area (Å²) in [6, 6.07) is 4.36. The molecule has 3 aromatic rings. The summed E-state index contributed by atoms with van der Waals surface area (Å²) < 4.78 is 66.6. The van der Waals surface area contributed by atoms with Crippen molar-refractivity contribution in [1.29, 1.82) is 0 Å². The SMILES string of the molecule is COc1cc2nc(C)nc(N[C@H](C)c3cc(N)cc(C(F)(F)F)c3F)c2cc1OCC1(CN(C)C)CC1. The third kappa shape index (κ3) is 5.82. The lowest BCUT2D eigenvalue weighted by molar-refractivity contribution is -0.140. The van der Waals surface area contributed by atoms with Crippen LogP contribution in [0.3, 0.4) is 0 Å². The molecule has 0 saturated heterocycles. The Morgan fingerprint density at radius 1 is 1.14 bits per heavy atom. The Hall–Kier alpha value is -3.34. The number of methoxy groups -OCH3 is 1. The van der Waals surface area contributed by atoms with Gasteiger partial charge in [-0.05, 0) is 59.0 Å². The standard InChI is InChI=1S/C26H31F4N5O2/c1-14(17-8-16(31)9-19(23(17)27)26(28,29)30)32-24-18-10-22(37-13-25(6-7-25)12-35(3)4)21(36-5)11-20(18)33-15(2)34-24/h8-11,14H,6-7,12-13,31H2,1-5H3,(H,32,33,34)/t14-/m1/s1. The van der Waals surface area contributed by atoms with Gasteiger partial charge in [0.1, 0.15) is 17.5 Å². The van der Waals surface area contributed by atoms with Crippen molar-refractivity contribution in [2.75, 3.05) is 45.4 Å². The molecule has 200 valence electrons. The molecule has 0 bridgehead atoms. The fourth-order valence-corrected chi connectivity index (χ4v) is 4.54. The van der Waals surface area contributed by atoms with E-state index in [1.165, 1.54) is 13.2 Å². The molecule has 11 heteroatoms. The van der Waals surface area contributed by atoms with Crippen molar-refractivity contribution >= 4 is 22.4 Å². The lowest BCUT2D eigenvalue weighted by Crippen LogP contribution is -2.27. The van der Waals surface area contributed by atoms with Crippen LogP contribution in [0.4, 0.5) is 29.1 Å². The smallest absolute Gasteiger partial charge is 0.419 e. The Labute approximate surface area is 213 Å². The zero-order valence-electron chi connectivity index (χ0n) is 21.5. The molecular formula is C26H31F4N5O2. The van der Waals surface area contributed by atoms with Crippen molar-refractivity contribution in [3.63, 3.8) is 0 Å². The Morgan fingerprint density at radius 3 is 2.43 bits per heavy atom. The first-order valence-electron chi connectivity index (χ1n) is 11.9. The number of benzene rings is 2. The van der Waals surface area contributed by atoms with Gasteiger partial charge in [0, 0.05) is 34.7 Å². The molecule has 0 amide bonds. The van der Waals surface area contributed by atoms with Gasteiger partial charge in [0.25, 0.3) is 0 Å². The van der Waals surface area contributed by atoms with Gasteiger partial charge in [-0.2, -0.15) is 13.2 Å². The van der Waals surface area contributed by atoms with Gasteiger partial charge in [-0.15, -0.1) is 0 Å². The number of nitrogens with zero attached hydrogens (tertiary/aromatic N) is 3. The van der Waals surface area contributed by atoms with Crippen molar-refractivity contribution in [2.24, 2.45) is 5.41 Å². The second kappa shape index (κ2) is 9.85. The molecule has 1 aromatic heterocycles. The van der Waals surface area contributed by atoms with E-state index in [4.69, 9.17) is 15.2 Å². The predicted molar refractivity (Wildman–Crippen MR) is 134 cm³/mol. The minimum atomic E-state index is -4.87. The molecule has 3 N–H and O–H groups in total. The van der Waals surface area contributed by atoms with Crippen LogP contribution in [-0.4, -0.2) is 49.2 Å². The summed E-state index contributed by atoms with van der Waals surface area (Å²) in [6.07, 6.45) is -2.74. The number of nitrogens with one attached hydrogen (secondary N) is 1. The molecule has 1 aliphatic rings. The molecule has 1 fully saturated rings. The van der Waals surface area contributed by atoms with Crippen LogP contribution in [0, 0.1) is 18.2 Å². The number of ether oxygens (including phenoxy) is 2. The molecule has 0 spiro atoms. The van der Waals surface area contributed by atoms with E-state index in [1.807, 2.05) is 14.1 Å². The summed E-state index contributed by atoms with van der Waals surface area (Å²) in [5, 5.41) is 3.61. The Bertz CT molecular complexity index is 1310. The van der Waals surface area contributed by atoms with Gasteiger partial charge < -0.3 is 25.4 Å². The van der Waals surface area contributed by atoms with Gasteiger partial charge in [0.2, 0.25) is 0 Å². The van der Waals surface area contributed by atoms with E-state index >= 15 is 0 Å². The molecule has 37 heavy (non-hydrogen) atoms. The molecule has 0 unspecified atom stereocenters. The monoisotopic (exact) mass is 521 g/mol. The summed E-state index contributed by atoms with van der Waals surface area (Å²) >= 11 is 0. The number of aryl methyl sites for hydroxylation is 1. The largest absolute Gasteiger partial charge is 0.493 e. The first kappa shape index (κ1) is 26.7. The lowest BCUT2D eigenvalue weighted by atomic mass is 10.0. The number of alkyl halides is 3. The van der Waals surface area contributed by atoms with Gasteiger partial charge in [-0.3, -0.25) is 0 Å². The van der Waals surface area contributed by atoms with E-state index in [0.29, 0.717) is 46.7 Å². The molecule has 4 rings (SSSR count). The van der Waals surface area contributed by atoms with Crippen molar-refractivity contribution in [3.05, 3.63) is 47.0 Å². The van der Waals surface area contributed by atoms with E-state index < -0.39 is 23.6 Å². The normalized spacial score (nSPS) is 15.6. The highest BCUT2D eigenvalue weighted by atomic mass is 19.4. The number of halogens is 4. The average molecular weight is 522 g/mol. The third-order valence-electron chi connectivity index (χ3n) is 6.48. The number of hydrogen-bond donors (Lipinski definition) is 2. The maximum absolute atomic E-state index is 14.9. The lowest BCUT2D eigenvalue weighted by Gasteiger charge is -2.22. The van der Waals surface area contributed by atoms with Crippen LogP contribution in [-0.2, 0) is 6.18 Å². The highest BCUT2D eigenvalue weighted by Crippen LogP contribution is 2.47. The number of nitrogen functional groups attached to an aromatic ring is 1. The van der Waals surface area contributed by atoms with Crippen LogP contribution in [0.25, 0.3) is 10.9 Å². The number of nitrogens with two attached hydrogens (primary N) is 1. The van der Waals surface area contributed by atoms with Crippen LogP contribution in [0.5, 0.6) is 11.5 Å². The first-order chi connectivity index (χ1) is 17.3. The van der Waals surface area contributed by atoms with Crippen LogP contribution in [0.15, 0.2) is 24.3 Å². The van der Waals surface area contributed by atoms with Crippen molar-refractivity contribution in [3.8, 4) is 11.5 Å². The summed E-state index contributed by atoms with van der Waals surface area (Å²) in [5.41, 5.74) is 4.49. The zero-order valence-corrected chi connectivity index (χ0v) is 21.5. The van der Waals surface area contributed by atoms with E-state index in [2.05, 4.69) is 20.2 Å². The minimum Gasteiger partial charge on any atom is -0.493 e. The average Bonchev–Trinajstić information content (AvgIpc) is 3.56. The molecule has 7 nitrogen and oxygen atoms in total. The minimum absolute atomic E-state index is 0.0871. The molecular weight excluding hydrogens is 490 g/mol. The van der Waals surface area contributed by atoms with Crippen LogP contribution < -0.4 is 20.5 Å². The first-order valence-corrected chi connectivity index (χ1v) is 11.9. The fourth-order valence-electron chi connectivity index (χ4n) is 4.54. The molecule has 1 saturated carbocycles. The Balaban J connectivity index is 1.69. The highest BCUT2D eigenvalue weighted by Gasteiger charge is 2.44. The van der Waals surface area contributed by atoms with Crippen molar-refractivity contribution in [2.45, 2.75) is 38.9 Å². The maximum atomic E-state index is 14.9. The number of aromatic nitrogens is 2. The van der Waals surface area contributed by atoms with E-state index in [9.17, 15) is 17.6 Å². The maximum Gasteiger partial charge on any atom is 0.419 e. The van der Waals surface area contributed by atoms with Gasteiger partial charge in [-0.25, -0.2) is 14.4 Å². The topological polar surface area (TPSA) is 85.5 Å². The molecule has 1 heterocycles. The van der Waals surface area contributed by atoms with E-state index in [-0.39, 0.29) is 16.7 Å². The zero-order chi connectivity index (χ0) is 27.1.